The van der Waals surface area contributed by atoms with E-state index in [9.17, 15) is 0 Å². The SMILES string of the molecule is NCc1ccc(Sc2ccc3ccccc3c2)cc1Br. The fraction of sp³-hybridized carbons (Fsp3) is 0.0588. The molecule has 0 spiro atoms. The van der Waals surface area contributed by atoms with E-state index in [1.54, 1.807) is 11.8 Å². The lowest BCUT2D eigenvalue weighted by Gasteiger charge is -2.06. The van der Waals surface area contributed by atoms with Crippen molar-refractivity contribution in [2.24, 2.45) is 5.73 Å². The van der Waals surface area contributed by atoms with Crippen LogP contribution in [0.2, 0.25) is 0 Å². The highest BCUT2D eigenvalue weighted by Crippen LogP contribution is 2.32. The van der Waals surface area contributed by atoms with Crippen LogP contribution in [0.15, 0.2) is 74.9 Å². The number of hydrogen-bond donors (Lipinski definition) is 1. The molecule has 0 aliphatic heterocycles. The first-order valence-corrected chi connectivity index (χ1v) is 8.02. The Bertz CT molecular complexity index is 755. The van der Waals surface area contributed by atoms with Crippen molar-refractivity contribution in [3.05, 3.63) is 70.7 Å². The summed E-state index contributed by atoms with van der Waals surface area (Å²) in [6, 6.07) is 21.3. The Kier molecular flexibility index (Phi) is 4.10. The molecule has 100 valence electrons. The standard InChI is InChI=1S/C17H14BrNS/c18-17-10-16(8-6-14(17)11-19)20-15-7-5-12-3-1-2-4-13(12)9-15/h1-10H,11,19H2. The number of fused-ring (bicyclic) bond motifs is 1. The van der Waals surface area contributed by atoms with Crippen LogP contribution in [0.3, 0.4) is 0 Å². The van der Waals surface area contributed by atoms with Gasteiger partial charge in [0.25, 0.3) is 0 Å². The minimum absolute atomic E-state index is 0.557. The van der Waals surface area contributed by atoms with Crippen LogP contribution >= 0.6 is 27.7 Å². The topological polar surface area (TPSA) is 26.0 Å². The predicted molar refractivity (Wildman–Crippen MR) is 90.1 cm³/mol. The fourth-order valence-electron chi connectivity index (χ4n) is 2.12. The molecule has 0 bridgehead atoms. The molecule has 0 saturated heterocycles. The highest BCUT2D eigenvalue weighted by molar-refractivity contribution is 9.10. The van der Waals surface area contributed by atoms with Crippen LogP contribution in [0.1, 0.15) is 5.56 Å². The number of nitrogens with two attached hydrogens (primary N) is 1. The van der Waals surface area contributed by atoms with Crippen molar-refractivity contribution < 1.29 is 0 Å². The summed E-state index contributed by atoms with van der Waals surface area (Å²) in [4.78, 5) is 2.46. The maximum absolute atomic E-state index is 5.68. The van der Waals surface area contributed by atoms with E-state index in [4.69, 9.17) is 5.73 Å². The number of rotatable bonds is 3. The second-order valence-electron chi connectivity index (χ2n) is 4.57. The maximum atomic E-state index is 5.68. The Morgan fingerprint density at radius 1 is 0.850 bits per heavy atom. The fourth-order valence-corrected chi connectivity index (χ4v) is 3.72. The Hall–Kier alpha value is -1.29. The molecule has 3 aromatic carbocycles. The van der Waals surface area contributed by atoms with Gasteiger partial charge in [-0.1, -0.05) is 64.1 Å². The zero-order valence-corrected chi connectivity index (χ0v) is 13.2. The third-order valence-corrected chi connectivity index (χ3v) is 4.92. The molecular formula is C17H14BrNS. The van der Waals surface area contributed by atoms with Crippen LogP contribution in [-0.2, 0) is 6.54 Å². The molecule has 3 aromatic rings. The van der Waals surface area contributed by atoms with E-state index in [1.807, 2.05) is 0 Å². The van der Waals surface area contributed by atoms with Crippen molar-refractivity contribution in [1.82, 2.24) is 0 Å². The van der Waals surface area contributed by atoms with Crippen LogP contribution < -0.4 is 5.73 Å². The van der Waals surface area contributed by atoms with Gasteiger partial charge < -0.3 is 5.73 Å². The van der Waals surface area contributed by atoms with Crippen molar-refractivity contribution in [3.8, 4) is 0 Å². The normalized spacial score (nSPS) is 10.9. The molecule has 0 amide bonds. The van der Waals surface area contributed by atoms with Gasteiger partial charge in [0.1, 0.15) is 0 Å². The Labute approximate surface area is 131 Å². The zero-order chi connectivity index (χ0) is 13.9. The summed E-state index contributed by atoms with van der Waals surface area (Å²) in [6.45, 7) is 0.557. The van der Waals surface area contributed by atoms with Crippen LogP contribution in [0.5, 0.6) is 0 Å². The van der Waals surface area contributed by atoms with Crippen molar-refractivity contribution in [3.63, 3.8) is 0 Å². The van der Waals surface area contributed by atoms with Crippen molar-refractivity contribution in [2.75, 3.05) is 0 Å². The van der Waals surface area contributed by atoms with E-state index in [0.717, 1.165) is 10.0 Å². The van der Waals surface area contributed by atoms with Gasteiger partial charge >= 0.3 is 0 Å². The van der Waals surface area contributed by atoms with Gasteiger partial charge in [0.15, 0.2) is 0 Å². The van der Waals surface area contributed by atoms with Crippen LogP contribution in [0, 0.1) is 0 Å². The smallest absolute Gasteiger partial charge is 0.0231 e. The summed E-state index contributed by atoms with van der Waals surface area (Å²) in [5.74, 6) is 0. The average molecular weight is 344 g/mol. The summed E-state index contributed by atoms with van der Waals surface area (Å²) in [6.07, 6.45) is 0. The third-order valence-electron chi connectivity index (χ3n) is 3.20. The first-order valence-electron chi connectivity index (χ1n) is 6.41. The molecule has 3 rings (SSSR count). The second kappa shape index (κ2) is 6.00. The van der Waals surface area contributed by atoms with Gasteiger partial charge in [-0.2, -0.15) is 0 Å². The minimum atomic E-state index is 0.557. The first kappa shape index (κ1) is 13.7. The van der Waals surface area contributed by atoms with E-state index in [2.05, 4.69) is 76.6 Å². The van der Waals surface area contributed by atoms with E-state index in [1.165, 1.54) is 20.6 Å². The lowest BCUT2D eigenvalue weighted by Crippen LogP contribution is -1.96. The van der Waals surface area contributed by atoms with Gasteiger partial charge in [0.05, 0.1) is 0 Å². The number of benzene rings is 3. The molecule has 0 aliphatic carbocycles. The predicted octanol–water partition coefficient (Wildman–Crippen LogP) is 5.21. The maximum Gasteiger partial charge on any atom is 0.0231 e. The molecule has 1 nitrogen and oxygen atoms in total. The first-order chi connectivity index (χ1) is 9.76. The van der Waals surface area contributed by atoms with Gasteiger partial charge in [0, 0.05) is 20.8 Å². The molecule has 0 radical (unpaired) electrons. The van der Waals surface area contributed by atoms with Gasteiger partial charge in [-0.3, -0.25) is 0 Å². The quantitative estimate of drug-likeness (QED) is 0.706. The van der Waals surface area contributed by atoms with Crippen molar-refractivity contribution >= 4 is 38.5 Å². The molecule has 20 heavy (non-hydrogen) atoms. The van der Waals surface area contributed by atoms with Gasteiger partial charge in [-0.15, -0.1) is 0 Å². The molecule has 0 fully saturated rings. The number of halogens is 1. The zero-order valence-electron chi connectivity index (χ0n) is 10.8. The highest BCUT2D eigenvalue weighted by atomic mass is 79.9. The van der Waals surface area contributed by atoms with Gasteiger partial charge in [-0.05, 0) is 40.6 Å². The number of hydrogen-bond acceptors (Lipinski definition) is 2. The average Bonchev–Trinajstić information content (AvgIpc) is 2.47. The molecular weight excluding hydrogens is 330 g/mol. The van der Waals surface area contributed by atoms with E-state index in [0.29, 0.717) is 6.54 Å². The summed E-state index contributed by atoms with van der Waals surface area (Å²) in [5, 5.41) is 2.55. The highest BCUT2D eigenvalue weighted by Gasteiger charge is 2.03. The summed E-state index contributed by atoms with van der Waals surface area (Å²) in [5.41, 5.74) is 6.81. The summed E-state index contributed by atoms with van der Waals surface area (Å²) < 4.78 is 1.07. The lowest BCUT2D eigenvalue weighted by atomic mass is 10.1. The lowest BCUT2D eigenvalue weighted by molar-refractivity contribution is 1.05. The Balaban J connectivity index is 1.90. The molecule has 0 unspecified atom stereocenters. The summed E-state index contributed by atoms with van der Waals surface area (Å²) in [7, 11) is 0. The van der Waals surface area contributed by atoms with E-state index < -0.39 is 0 Å². The monoisotopic (exact) mass is 343 g/mol. The second-order valence-corrected chi connectivity index (χ2v) is 6.57. The molecule has 0 saturated carbocycles. The third kappa shape index (κ3) is 2.90. The Morgan fingerprint density at radius 2 is 1.55 bits per heavy atom. The van der Waals surface area contributed by atoms with Crippen molar-refractivity contribution in [1.29, 1.82) is 0 Å². The van der Waals surface area contributed by atoms with Gasteiger partial charge in [0.2, 0.25) is 0 Å². The van der Waals surface area contributed by atoms with Crippen LogP contribution in [0.25, 0.3) is 10.8 Å². The minimum Gasteiger partial charge on any atom is -0.326 e. The molecule has 0 heterocycles. The van der Waals surface area contributed by atoms with Gasteiger partial charge in [-0.25, -0.2) is 0 Å². The van der Waals surface area contributed by atoms with E-state index in [-0.39, 0.29) is 0 Å². The molecule has 0 aliphatic rings. The molecule has 2 N–H and O–H groups in total. The molecule has 0 atom stereocenters. The summed E-state index contributed by atoms with van der Waals surface area (Å²) >= 11 is 5.33. The van der Waals surface area contributed by atoms with E-state index >= 15 is 0 Å². The molecule has 0 aromatic heterocycles. The Morgan fingerprint density at radius 3 is 2.30 bits per heavy atom. The van der Waals surface area contributed by atoms with Crippen molar-refractivity contribution in [2.45, 2.75) is 16.3 Å². The van der Waals surface area contributed by atoms with Crippen LogP contribution in [-0.4, -0.2) is 0 Å². The molecule has 3 heteroatoms. The van der Waals surface area contributed by atoms with Crippen LogP contribution in [0.4, 0.5) is 0 Å². The largest absolute Gasteiger partial charge is 0.326 e.